The molecule has 0 atom stereocenters. The van der Waals surface area contributed by atoms with E-state index in [1.54, 1.807) is 6.92 Å². The maximum atomic E-state index is 12.8. The van der Waals surface area contributed by atoms with Crippen LogP contribution >= 0.6 is 0 Å². The van der Waals surface area contributed by atoms with Crippen molar-refractivity contribution in [1.82, 2.24) is 9.29 Å². The Kier molecular flexibility index (Phi) is 6.94. The topological polar surface area (TPSA) is 85.8 Å². The molecule has 7 nitrogen and oxygen atoms in total. The lowest BCUT2D eigenvalue weighted by atomic mass is 9.81. The molecule has 9 heteroatoms. The molecule has 1 saturated heterocycles. The first kappa shape index (κ1) is 21.3. The van der Waals surface area contributed by atoms with Crippen LogP contribution in [0.5, 0.6) is 5.88 Å². The van der Waals surface area contributed by atoms with Crippen LogP contribution in [0.4, 0.5) is 4.39 Å². The molecule has 0 aromatic carbocycles. The highest BCUT2D eigenvalue weighted by molar-refractivity contribution is 7.89. The molecule has 1 aliphatic rings. The van der Waals surface area contributed by atoms with Crippen LogP contribution in [0.15, 0.2) is 35.1 Å². The largest absolute Gasteiger partial charge is 0.473 e. The van der Waals surface area contributed by atoms with E-state index in [4.69, 9.17) is 9.47 Å². The first-order chi connectivity index (χ1) is 12.8. The van der Waals surface area contributed by atoms with Crippen molar-refractivity contribution in [3.05, 3.63) is 30.2 Å². The molecule has 150 valence electrons. The van der Waals surface area contributed by atoms with Crippen LogP contribution in [0.1, 0.15) is 33.1 Å². The summed E-state index contributed by atoms with van der Waals surface area (Å²) >= 11 is 0. The van der Waals surface area contributed by atoms with Gasteiger partial charge in [0.25, 0.3) is 0 Å². The van der Waals surface area contributed by atoms with Gasteiger partial charge in [-0.25, -0.2) is 17.8 Å². The second-order valence-electron chi connectivity index (χ2n) is 6.70. The molecule has 1 aromatic heterocycles. The summed E-state index contributed by atoms with van der Waals surface area (Å²) < 4.78 is 49.6. The summed E-state index contributed by atoms with van der Waals surface area (Å²) in [7, 11) is -2.38. The Morgan fingerprint density at radius 2 is 2.04 bits per heavy atom. The highest BCUT2D eigenvalue weighted by Gasteiger charge is 2.41. The Balaban J connectivity index is 2.04. The molecule has 0 spiro atoms. The highest BCUT2D eigenvalue weighted by Crippen LogP contribution is 2.34. The number of carbonyl (C=O) groups excluding carboxylic acids is 1. The zero-order chi connectivity index (χ0) is 20.1. The van der Waals surface area contributed by atoms with Crippen molar-refractivity contribution in [2.24, 2.45) is 5.41 Å². The van der Waals surface area contributed by atoms with Crippen LogP contribution < -0.4 is 4.74 Å². The third kappa shape index (κ3) is 4.84. The van der Waals surface area contributed by atoms with E-state index in [0.29, 0.717) is 31.2 Å². The average Bonchev–Trinajstić information content (AvgIpc) is 2.68. The van der Waals surface area contributed by atoms with Gasteiger partial charge >= 0.3 is 5.97 Å². The van der Waals surface area contributed by atoms with Crippen LogP contribution in [0.3, 0.4) is 0 Å². The SMILES string of the molecule is CC/C(=C/F)COc1ccc(S(=O)(=O)N2CCC(C)(C(=O)OC)CC2)cn1. The van der Waals surface area contributed by atoms with Gasteiger partial charge in [-0.1, -0.05) is 6.92 Å². The molecule has 27 heavy (non-hydrogen) atoms. The van der Waals surface area contributed by atoms with E-state index in [-0.39, 0.29) is 36.4 Å². The molecule has 2 rings (SSSR count). The number of nitrogens with zero attached hydrogens (tertiary/aromatic N) is 2. The summed E-state index contributed by atoms with van der Waals surface area (Å²) in [6.45, 7) is 4.11. The van der Waals surface area contributed by atoms with Crippen molar-refractivity contribution in [2.45, 2.75) is 38.0 Å². The molecule has 0 aliphatic carbocycles. The summed E-state index contributed by atoms with van der Waals surface area (Å²) in [6, 6.07) is 2.86. The van der Waals surface area contributed by atoms with Gasteiger partial charge in [0.15, 0.2) is 0 Å². The molecule has 1 aromatic rings. The molecule has 0 bridgehead atoms. The number of aromatic nitrogens is 1. The number of hydrogen-bond donors (Lipinski definition) is 0. The monoisotopic (exact) mass is 400 g/mol. The number of pyridine rings is 1. The molecule has 0 amide bonds. The van der Waals surface area contributed by atoms with Crippen LogP contribution in [-0.2, 0) is 19.6 Å². The number of carbonyl (C=O) groups is 1. The second kappa shape index (κ2) is 8.79. The van der Waals surface area contributed by atoms with Crippen LogP contribution in [0.25, 0.3) is 0 Å². The van der Waals surface area contributed by atoms with Crippen LogP contribution in [0.2, 0.25) is 0 Å². The standard InChI is InChI=1S/C18H25FN2O5S/c1-4-14(11-19)13-26-16-6-5-15(12-20-16)27(23,24)21-9-7-18(2,8-10-21)17(22)25-3/h5-6,11-12H,4,7-10,13H2,1-3H3/b14-11-. The van der Waals surface area contributed by atoms with E-state index >= 15 is 0 Å². The number of halogens is 1. The third-order valence-corrected chi connectivity index (χ3v) is 6.75. The van der Waals surface area contributed by atoms with Gasteiger partial charge in [0.05, 0.1) is 25.1 Å². The molecule has 0 radical (unpaired) electrons. The molecule has 1 fully saturated rings. The first-order valence-corrected chi connectivity index (χ1v) is 10.2. The molecular weight excluding hydrogens is 375 g/mol. The van der Waals surface area contributed by atoms with Crippen LogP contribution in [0, 0.1) is 5.41 Å². The minimum absolute atomic E-state index is 0.0493. The lowest BCUT2D eigenvalue weighted by Crippen LogP contribution is -2.45. The minimum atomic E-state index is -3.71. The van der Waals surface area contributed by atoms with E-state index in [2.05, 4.69) is 4.98 Å². The van der Waals surface area contributed by atoms with Gasteiger partial charge in [0, 0.05) is 19.2 Å². The summed E-state index contributed by atoms with van der Waals surface area (Å²) in [5.41, 5.74) is -0.187. The van der Waals surface area contributed by atoms with Gasteiger partial charge < -0.3 is 9.47 Å². The molecule has 2 heterocycles. The van der Waals surface area contributed by atoms with Gasteiger partial charge in [-0.15, -0.1) is 0 Å². The zero-order valence-electron chi connectivity index (χ0n) is 15.8. The van der Waals surface area contributed by atoms with Crippen molar-refractivity contribution < 1.29 is 27.1 Å². The number of rotatable bonds is 7. The minimum Gasteiger partial charge on any atom is -0.473 e. The molecular formula is C18H25FN2O5S. The number of esters is 1. The number of sulfonamides is 1. The van der Waals surface area contributed by atoms with Crippen molar-refractivity contribution in [3.8, 4) is 5.88 Å². The number of piperidine rings is 1. The van der Waals surface area contributed by atoms with Crippen molar-refractivity contribution in [2.75, 3.05) is 26.8 Å². The van der Waals surface area contributed by atoms with E-state index in [9.17, 15) is 17.6 Å². The van der Waals surface area contributed by atoms with E-state index in [1.165, 1.54) is 29.7 Å². The molecule has 0 N–H and O–H groups in total. The van der Waals surface area contributed by atoms with E-state index in [1.807, 2.05) is 6.92 Å². The Labute approximate surface area is 159 Å². The van der Waals surface area contributed by atoms with E-state index in [0.717, 1.165) is 0 Å². The third-order valence-electron chi connectivity index (χ3n) is 4.87. The molecule has 1 aliphatic heterocycles. The number of ether oxygens (including phenoxy) is 2. The predicted octanol–water partition coefficient (Wildman–Crippen LogP) is 2.69. The fourth-order valence-electron chi connectivity index (χ4n) is 2.80. The first-order valence-electron chi connectivity index (χ1n) is 8.72. The lowest BCUT2D eigenvalue weighted by molar-refractivity contribution is -0.153. The Morgan fingerprint density at radius 1 is 1.37 bits per heavy atom. The Bertz CT molecular complexity index is 784. The summed E-state index contributed by atoms with van der Waals surface area (Å²) in [5.74, 6) is -0.102. The fourth-order valence-corrected chi connectivity index (χ4v) is 4.19. The average molecular weight is 400 g/mol. The van der Waals surface area contributed by atoms with Crippen molar-refractivity contribution in [1.29, 1.82) is 0 Å². The highest BCUT2D eigenvalue weighted by atomic mass is 32.2. The Morgan fingerprint density at radius 3 is 2.52 bits per heavy atom. The zero-order valence-corrected chi connectivity index (χ0v) is 16.6. The van der Waals surface area contributed by atoms with Gasteiger partial charge in [-0.3, -0.25) is 4.79 Å². The summed E-state index contributed by atoms with van der Waals surface area (Å²) in [4.78, 5) is 15.9. The molecule has 0 unspecified atom stereocenters. The second-order valence-corrected chi connectivity index (χ2v) is 8.64. The molecule has 0 saturated carbocycles. The van der Waals surface area contributed by atoms with E-state index < -0.39 is 15.4 Å². The predicted molar refractivity (Wildman–Crippen MR) is 97.3 cm³/mol. The summed E-state index contributed by atoms with van der Waals surface area (Å²) in [6.07, 6.45) is 3.02. The summed E-state index contributed by atoms with van der Waals surface area (Å²) in [5, 5.41) is 0. The number of hydrogen-bond acceptors (Lipinski definition) is 6. The normalized spacial score (nSPS) is 18.1. The van der Waals surface area contributed by atoms with Gasteiger partial charge in [-0.2, -0.15) is 4.31 Å². The maximum absolute atomic E-state index is 12.8. The van der Waals surface area contributed by atoms with Crippen LogP contribution in [-0.4, -0.2) is 50.5 Å². The van der Waals surface area contributed by atoms with Gasteiger partial charge in [0.2, 0.25) is 15.9 Å². The van der Waals surface area contributed by atoms with Crippen molar-refractivity contribution in [3.63, 3.8) is 0 Å². The Hall–Kier alpha value is -2.00. The fraction of sp³-hybridized carbons (Fsp3) is 0.556. The maximum Gasteiger partial charge on any atom is 0.311 e. The number of methoxy groups -OCH3 is 1. The van der Waals surface area contributed by atoms with Gasteiger partial charge in [0.1, 0.15) is 11.5 Å². The van der Waals surface area contributed by atoms with Gasteiger partial charge in [-0.05, 0) is 37.8 Å². The quantitative estimate of drug-likeness (QED) is 0.654. The lowest BCUT2D eigenvalue weighted by Gasteiger charge is -2.36. The van der Waals surface area contributed by atoms with Crippen molar-refractivity contribution >= 4 is 16.0 Å². The smallest absolute Gasteiger partial charge is 0.311 e.